The van der Waals surface area contributed by atoms with E-state index in [2.05, 4.69) is 15.5 Å². The van der Waals surface area contributed by atoms with E-state index in [4.69, 9.17) is 4.74 Å². The minimum Gasteiger partial charge on any atom is -0.453 e. The third-order valence-electron chi connectivity index (χ3n) is 7.12. The minimum absolute atomic E-state index is 0.0291. The third-order valence-corrected chi connectivity index (χ3v) is 7.12. The molecule has 2 saturated heterocycles. The summed E-state index contributed by atoms with van der Waals surface area (Å²) in [5.74, 6) is -0.0898. The smallest absolute Gasteiger partial charge is 0.409 e. The minimum atomic E-state index is -0.365. The van der Waals surface area contributed by atoms with Crippen LogP contribution in [0, 0.1) is 23.5 Å². The first-order valence-corrected chi connectivity index (χ1v) is 12.5. The summed E-state index contributed by atoms with van der Waals surface area (Å²) in [4.78, 5) is 29.0. The first-order chi connectivity index (χ1) is 17.4. The number of anilines is 1. The van der Waals surface area contributed by atoms with Crippen LogP contribution < -0.4 is 10.6 Å². The van der Waals surface area contributed by atoms with Crippen molar-refractivity contribution in [3.8, 4) is 0 Å². The Balaban J connectivity index is 1.38. The van der Waals surface area contributed by atoms with Gasteiger partial charge >= 0.3 is 12.1 Å². The molecule has 3 amide bonds. The molecule has 4 rings (SSSR count). The summed E-state index contributed by atoms with van der Waals surface area (Å²) < 4.78 is 31.4. The van der Waals surface area contributed by atoms with Gasteiger partial charge < -0.3 is 25.2 Å². The number of benzene rings is 2. The molecule has 0 radical (unpaired) electrons. The van der Waals surface area contributed by atoms with Crippen molar-refractivity contribution in [3.05, 3.63) is 65.7 Å². The molecule has 0 spiro atoms. The van der Waals surface area contributed by atoms with Crippen LogP contribution in [0.4, 0.5) is 24.1 Å². The lowest BCUT2D eigenvalue weighted by Crippen LogP contribution is -2.56. The van der Waals surface area contributed by atoms with Crippen LogP contribution >= 0.6 is 0 Å². The Hall–Kier alpha value is -3.20. The summed E-state index contributed by atoms with van der Waals surface area (Å²) >= 11 is 0. The number of likely N-dealkylation sites (tertiary alicyclic amines) is 2. The lowest BCUT2D eigenvalue weighted by Gasteiger charge is -2.42. The van der Waals surface area contributed by atoms with E-state index in [0.29, 0.717) is 31.1 Å². The van der Waals surface area contributed by atoms with Crippen molar-refractivity contribution in [2.75, 3.05) is 45.2 Å². The molecule has 7 nitrogen and oxygen atoms in total. The molecule has 0 aliphatic carbocycles. The number of amides is 3. The van der Waals surface area contributed by atoms with Gasteiger partial charge in [-0.1, -0.05) is 12.1 Å². The third kappa shape index (κ3) is 7.16. The number of hydrogen-bond acceptors (Lipinski definition) is 4. The second-order valence-corrected chi connectivity index (χ2v) is 9.78. The van der Waals surface area contributed by atoms with Gasteiger partial charge in [-0.2, -0.15) is 0 Å². The second kappa shape index (κ2) is 12.2. The van der Waals surface area contributed by atoms with E-state index in [1.807, 2.05) is 12.1 Å². The number of urea groups is 1. The lowest BCUT2D eigenvalue weighted by atomic mass is 9.88. The molecular formula is C27H34F2N4O3. The highest BCUT2D eigenvalue weighted by atomic mass is 19.1. The van der Waals surface area contributed by atoms with E-state index in [-0.39, 0.29) is 35.7 Å². The SMILES string of the molecule is COC(=O)N1CC[C@@H](NC(=O)Nc2ccc(F)cc2)[C@H](CN2CCCC(Cc3ccc(F)cc3)C2)C1. The maximum absolute atomic E-state index is 13.3. The molecule has 0 aromatic heterocycles. The fraction of sp³-hybridized carbons (Fsp3) is 0.481. The van der Waals surface area contributed by atoms with E-state index >= 15 is 0 Å². The second-order valence-electron chi connectivity index (χ2n) is 9.78. The van der Waals surface area contributed by atoms with Crippen LogP contribution in [0.2, 0.25) is 0 Å². The fourth-order valence-electron chi connectivity index (χ4n) is 5.34. The largest absolute Gasteiger partial charge is 0.453 e. The van der Waals surface area contributed by atoms with Gasteiger partial charge in [0.15, 0.2) is 0 Å². The highest BCUT2D eigenvalue weighted by molar-refractivity contribution is 5.89. The van der Waals surface area contributed by atoms with Gasteiger partial charge in [-0.05, 0) is 80.1 Å². The topological polar surface area (TPSA) is 73.9 Å². The Morgan fingerprint density at radius 2 is 1.67 bits per heavy atom. The van der Waals surface area contributed by atoms with Crippen LogP contribution in [-0.4, -0.2) is 67.8 Å². The maximum Gasteiger partial charge on any atom is 0.409 e. The Morgan fingerprint density at radius 1 is 0.972 bits per heavy atom. The van der Waals surface area contributed by atoms with Gasteiger partial charge in [-0.25, -0.2) is 18.4 Å². The highest BCUT2D eigenvalue weighted by Crippen LogP contribution is 2.25. The molecule has 194 valence electrons. The summed E-state index contributed by atoms with van der Waals surface area (Å²) in [6.07, 6.45) is 3.35. The predicted octanol–water partition coefficient (Wildman–Crippen LogP) is 4.50. The lowest BCUT2D eigenvalue weighted by molar-refractivity contribution is 0.0702. The maximum atomic E-state index is 13.3. The normalized spacial score (nSPS) is 22.6. The standard InChI is InChI=1S/C27H34F2N4O3/c1-36-27(35)33-14-12-25(31-26(34)30-24-10-8-23(29)9-11-24)21(18-33)17-32-13-2-3-20(16-32)15-19-4-6-22(28)7-5-19/h4-11,20-21,25H,2-3,12-18H2,1H3,(H2,30,31,34)/t20?,21-,25-/m1/s1. The summed E-state index contributed by atoms with van der Waals surface area (Å²) in [7, 11) is 1.38. The van der Waals surface area contributed by atoms with Crippen molar-refractivity contribution in [2.45, 2.75) is 31.7 Å². The van der Waals surface area contributed by atoms with Crippen molar-refractivity contribution in [1.82, 2.24) is 15.1 Å². The van der Waals surface area contributed by atoms with Crippen molar-refractivity contribution in [2.24, 2.45) is 11.8 Å². The Bertz CT molecular complexity index is 1020. The Labute approximate surface area is 210 Å². The monoisotopic (exact) mass is 500 g/mol. The predicted molar refractivity (Wildman–Crippen MR) is 134 cm³/mol. The molecular weight excluding hydrogens is 466 g/mol. The highest BCUT2D eigenvalue weighted by Gasteiger charge is 2.35. The van der Waals surface area contributed by atoms with Crippen LogP contribution in [0.15, 0.2) is 48.5 Å². The molecule has 2 aliphatic rings. The van der Waals surface area contributed by atoms with E-state index in [1.54, 1.807) is 4.90 Å². The number of carbonyl (C=O) groups is 2. The van der Waals surface area contributed by atoms with Gasteiger partial charge in [-0.3, -0.25) is 0 Å². The zero-order valence-electron chi connectivity index (χ0n) is 20.6. The number of ether oxygens (including phenoxy) is 1. The molecule has 2 aliphatic heterocycles. The number of hydrogen-bond donors (Lipinski definition) is 2. The van der Waals surface area contributed by atoms with Crippen LogP contribution in [0.1, 0.15) is 24.8 Å². The number of methoxy groups -OCH3 is 1. The Morgan fingerprint density at radius 3 is 2.36 bits per heavy atom. The van der Waals surface area contributed by atoms with Gasteiger partial charge in [0.2, 0.25) is 0 Å². The van der Waals surface area contributed by atoms with Crippen LogP contribution in [0.5, 0.6) is 0 Å². The van der Waals surface area contributed by atoms with Gasteiger partial charge in [0.05, 0.1) is 7.11 Å². The average Bonchev–Trinajstić information content (AvgIpc) is 2.87. The number of carbonyl (C=O) groups excluding carboxylic acids is 2. The molecule has 3 atom stereocenters. The molecule has 9 heteroatoms. The van der Waals surface area contributed by atoms with Gasteiger partial charge in [-0.15, -0.1) is 0 Å². The van der Waals surface area contributed by atoms with Crippen molar-refractivity contribution < 1.29 is 23.1 Å². The van der Waals surface area contributed by atoms with Gasteiger partial charge in [0.25, 0.3) is 0 Å². The summed E-state index contributed by atoms with van der Waals surface area (Å²) in [6, 6.07) is 11.9. The number of nitrogens with zero attached hydrogens (tertiary/aromatic N) is 2. The molecule has 2 heterocycles. The zero-order valence-corrected chi connectivity index (χ0v) is 20.6. The van der Waals surface area contributed by atoms with E-state index in [1.165, 1.54) is 43.5 Å². The average molecular weight is 501 g/mol. The molecule has 36 heavy (non-hydrogen) atoms. The van der Waals surface area contributed by atoms with Crippen LogP contribution in [0.25, 0.3) is 0 Å². The number of rotatable bonds is 6. The number of halogens is 2. The van der Waals surface area contributed by atoms with Crippen molar-refractivity contribution in [1.29, 1.82) is 0 Å². The Kier molecular flexibility index (Phi) is 8.74. The van der Waals surface area contributed by atoms with E-state index in [9.17, 15) is 18.4 Å². The first-order valence-electron chi connectivity index (χ1n) is 12.5. The quantitative estimate of drug-likeness (QED) is 0.613. The van der Waals surface area contributed by atoms with Crippen LogP contribution in [0.3, 0.4) is 0 Å². The number of nitrogens with one attached hydrogen (secondary N) is 2. The molecule has 1 unspecified atom stereocenters. The molecule has 2 aromatic rings. The van der Waals surface area contributed by atoms with Gasteiger partial charge in [0.1, 0.15) is 11.6 Å². The van der Waals surface area contributed by atoms with Crippen LogP contribution in [-0.2, 0) is 11.2 Å². The van der Waals surface area contributed by atoms with Crippen molar-refractivity contribution in [3.63, 3.8) is 0 Å². The van der Waals surface area contributed by atoms with Crippen molar-refractivity contribution >= 4 is 17.8 Å². The molecule has 2 aromatic carbocycles. The van der Waals surface area contributed by atoms with Gasteiger partial charge in [0, 0.05) is 43.8 Å². The van der Waals surface area contributed by atoms with E-state index < -0.39 is 0 Å². The molecule has 2 fully saturated rings. The first kappa shape index (κ1) is 25.9. The fourth-order valence-corrected chi connectivity index (χ4v) is 5.34. The molecule has 0 bridgehead atoms. The zero-order chi connectivity index (χ0) is 25.5. The summed E-state index contributed by atoms with van der Waals surface area (Å²) in [5, 5.41) is 5.83. The summed E-state index contributed by atoms with van der Waals surface area (Å²) in [5.41, 5.74) is 1.65. The number of piperidine rings is 2. The van der Waals surface area contributed by atoms with E-state index in [0.717, 1.165) is 44.5 Å². The molecule has 2 N–H and O–H groups in total. The molecule has 0 saturated carbocycles. The summed E-state index contributed by atoms with van der Waals surface area (Å²) in [6.45, 7) is 3.61.